The number of thiazole rings is 1. The summed E-state index contributed by atoms with van der Waals surface area (Å²) in [5.41, 5.74) is 1.51. The molecular weight excluding hydrogens is 270 g/mol. The van der Waals surface area contributed by atoms with Crippen molar-refractivity contribution in [1.29, 1.82) is 0 Å². The van der Waals surface area contributed by atoms with Crippen LogP contribution in [0.3, 0.4) is 0 Å². The number of hydrogen-bond donors (Lipinski definition) is 3. The van der Waals surface area contributed by atoms with Crippen LogP contribution in [0.4, 0.5) is 4.79 Å². The second kappa shape index (κ2) is 6.64. The third kappa shape index (κ3) is 4.51. The smallest absolute Gasteiger partial charge is 0.331 e. The molecule has 0 spiro atoms. The molecule has 7 nitrogen and oxygen atoms in total. The van der Waals surface area contributed by atoms with Gasteiger partial charge in [0.15, 0.2) is 0 Å². The highest BCUT2D eigenvalue weighted by Crippen LogP contribution is 2.05. The van der Waals surface area contributed by atoms with Gasteiger partial charge in [-0.3, -0.25) is 15.1 Å². The zero-order chi connectivity index (χ0) is 14.4. The topological polar surface area (TPSA) is 108 Å². The number of aliphatic carboxylic acids is 1. The molecular formula is C11H13N3O4S. The fraction of sp³-hybridized carbons (Fsp3) is 0.273. The molecule has 0 radical (unpaired) electrons. The van der Waals surface area contributed by atoms with Crippen molar-refractivity contribution in [2.45, 2.75) is 20.4 Å². The molecule has 1 aromatic heterocycles. The number of hydrogen-bond acceptors (Lipinski definition) is 5. The van der Waals surface area contributed by atoms with Crippen LogP contribution in [0, 0.1) is 0 Å². The molecule has 0 saturated heterocycles. The van der Waals surface area contributed by atoms with Crippen molar-refractivity contribution in [1.82, 2.24) is 15.6 Å². The van der Waals surface area contributed by atoms with Crippen molar-refractivity contribution >= 4 is 29.2 Å². The predicted octanol–water partition coefficient (Wildman–Crippen LogP) is 0.890. The van der Waals surface area contributed by atoms with Crippen LogP contribution in [0.1, 0.15) is 18.7 Å². The van der Waals surface area contributed by atoms with E-state index in [4.69, 9.17) is 5.11 Å². The molecule has 19 heavy (non-hydrogen) atoms. The minimum absolute atomic E-state index is 0.0135. The fourth-order valence-corrected chi connectivity index (χ4v) is 1.60. The van der Waals surface area contributed by atoms with Gasteiger partial charge in [0.25, 0.3) is 5.91 Å². The van der Waals surface area contributed by atoms with Gasteiger partial charge in [0.2, 0.25) is 0 Å². The molecule has 0 fully saturated rings. The number of rotatable bonds is 4. The Morgan fingerprint density at radius 3 is 2.53 bits per heavy atom. The number of nitrogens with one attached hydrogen (secondary N) is 2. The van der Waals surface area contributed by atoms with E-state index in [1.807, 2.05) is 0 Å². The SMILES string of the molecule is CC(C(=O)O)=C(C)C(=O)NC(=O)NCc1cncs1. The molecule has 0 atom stereocenters. The van der Waals surface area contributed by atoms with Crippen LogP contribution < -0.4 is 10.6 Å². The van der Waals surface area contributed by atoms with E-state index in [-0.39, 0.29) is 17.7 Å². The summed E-state index contributed by atoms with van der Waals surface area (Å²) in [7, 11) is 0. The van der Waals surface area contributed by atoms with Crippen molar-refractivity contribution in [3.63, 3.8) is 0 Å². The summed E-state index contributed by atoms with van der Waals surface area (Å²) in [5.74, 6) is -1.93. The van der Waals surface area contributed by atoms with Gasteiger partial charge in [-0.15, -0.1) is 11.3 Å². The van der Waals surface area contributed by atoms with Crippen LogP contribution in [0.2, 0.25) is 0 Å². The quantitative estimate of drug-likeness (QED) is 0.711. The van der Waals surface area contributed by atoms with E-state index in [1.54, 1.807) is 11.7 Å². The van der Waals surface area contributed by atoms with E-state index in [1.165, 1.54) is 25.2 Å². The van der Waals surface area contributed by atoms with Crippen molar-refractivity contribution in [2.75, 3.05) is 0 Å². The second-order valence-electron chi connectivity index (χ2n) is 3.66. The number of nitrogens with zero attached hydrogens (tertiary/aromatic N) is 1. The number of carboxylic acid groups (broad SMARTS) is 1. The zero-order valence-corrected chi connectivity index (χ0v) is 11.2. The van der Waals surface area contributed by atoms with Crippen molar-refractivity contribution in [2.24, 2.45) is 0 Å². The van der Waals surface area contributed by atoms with E-state index in [0.29, 0.717) is 0 Å². The average molecular weight is 283 g/mol. The summed E-state index contributed by atoms with van der Waals surface area (Å²) < 4.78 is 0. The number of urea groups is 1. The first-order valence-corrected chi connectivity index (χ1v) is 6.17. The molecule has 0 aliphatic rings. The van der Waals surface area contributed by atoms with Gasteiger partial charge in [0, 0.05) is 22.2 Å². The van der Waals surface area contributed by atoms with E-state index < -0.39 is 17.9 Å². The maximum Gasteiger partial charge on any atom is 0.331 e. The van der Waals surface area contributed by atoms with Crippen molar-refractivity contribution < 1.29 is 19.5 Å². The van der Waals surface area contributed by atoms with Gasteiger partial charge in [-0.1, -0.05) is 0 Å². The van der Waals surface area contributed by atoms with Gasteiger partial charge >= 0.3 is 12.0 Å². The number of carbonyl (C=O) groups is 3. The van der Waals surface area contributed by atoms with Crippen LogP contribution in [0.25, 0.3) is 0 Å². The molecule has 0 saturated carbocycles. The molecule has 3 N–H and O–H groups in total. The lowest BCUT2D eigenvalue weighted by molar-refractivity contribution is -0.133. The summed E-state index contributed by atoms with van der Waals surface area (Å²) in [6.45, 7) is 2.90. The van der Waals surface area contributed by atoms with Gasteiger partial charge in [0.05, 0.1) is 12.1 Å². The molecule has 0 aliphatic carbocycles. The second-order valence-corrected chi connectivity index (χ2v) is 4.63. The minimum atomic E-state index is -1.20. The van der Waals surface area contributed by atoms with Gasteiger partial charge in [-0.25, -0.2) is 9.59 Å². The summed E-state index contributed by atoms with van der Waals surface area (Å²) in [6.07, 6.45) is 1.60. The first kappa shape index (κ1) is 14.8. The average Bonchev–Trinajstić information content (AvgIpc) is 2.87. The monoisotopic (exact) mass is 283 g/mol. The van der Waals surface area contributed by atoms with Crippen molar-refractivity contribution in [3.05, 3.63) is 27.7 Å². The van der Waals surface area contributed by atoms with Gasteiger partial charge in [0.1, 0.15) is 0 Å². The molecule has 8 heteroatoms. The Morgan fingerprint density at radius 1 is 1.32 bits per heavy atom. The Kier molecular flexibility index (Phi) is 5.19. The van der Waals surface area contributed by atoms with E-state index in [0.717, 1.165) is 4.88 Å². The van der Waals surface area contributed by atoms with E-state index in [9.17, 15) is 14.4 Å². The number of amides is 3. The highest BCUT2D eigenvalue weighted by Gasteiger charge is 2.14. The highest BCUT2D eigenvalue weighted by atomic mass is 32.1. The fourth-order valence-electron chi connectivity index (χ4n) is 1.07. The molecule has 3 amide bonds. The Labute approximate surface area is 113 Å². The zero-order valence-electron chi connectivity index (χ0n) is 10.4. The summed E-state index contributed by atoms with van der Waals surface area (Å²) in [4.78, 5) is 38.3. The largest absolute Gasteiger partial charge is 0.478 e. The van der Waals surface area contributed by atoms with Crippen LogP contribution in [0.5, 0.6) is 0 Å². The minimum Gasteiger partial charge on any atom is -0.478 e. The maximum absolute atomic E-state index is 11.6. The highest BCUT2D eigenvalue weighted by molar-refractivity contribution is 7.09. The first-order valence-electron chi connectivity index (χ1n) is 5.29. The third-order valence-electron chi connectivity index (χ3n) is 2.36. The molecule has 0 aliphatic heterocycles. The third-order valence-corrected chi connectivity index (χ3v) is 3.14. The number of carboxylic acids is 1. The van der Waals surface area contributed by atoms with Gasteiger partial charge in [-0.05, 0) is 13.8 Å². The van der Waals surface area contributed by atoms with Crippen LogP contribution in [-0.2, 0) is 16.1 Å². The lowest BCUT2D eigenvalue weighted by Crippen LogP contribution is -2.39. The van der Waals surface area contributed by atoms with Gasteiger partial charge in [-0.2, -0.15) is 0 Å². The molecule has 102 valence electrons. The van der Waals surface area contributed by atoms with E-state index in [2.05, 4.69) is 15.6 Å². The lowest BCUT2D eigenvalue weighted by Gasteiger charge is -2.06. The predicted molar refractivity (Wildman–Crippen MR) is 68.5 cm³/mol. The molecule has 0 aromatic carbocycles. The summed E-state index contributed by atoms with van der Waals surface area (Å²) >= 11 is 1.37. The Hall–Kier alpha value is -2.22. The lowest BCUT2D eigenvalue weighted by atomic mass is 10.1. The van der Waals surface area contributed by atoms with Crippen LogP contribution >= 0.6 is 11.3 Å². The van der Waals surface area contributed by atoms with E-state index >= 15 is 0 Å². The molecule has 0 bridgehead atoms. The first-order chi connectivity index (χ1) is 8.91. The number of imide groups is 1. The Bertz CT molecular complexity index is 522. The summed E-state index contributed by atoms with van der Waals surface area (Å²) in [5, 5.41) is 13.2. The van der Waals surface area contributed by atoms with Crippen LogP contribution in [-0.4, -0.2) is 28.0 Å². The van der Waals surface area contributed by atoms with Crippen molar-refractivity contribution in [3.8, 4) is 0 Å². The normalized spacial score (nSPS) is 11.5. The van der Waals surface area contributed by atoms with Crippen LogP contribution in [0.15, 0.2) is 22.9 Å². The molecule has 1 rings (SSSR count). The summed E-state index contributed by atoms with van der Waals surface area (Å²) in [6, 6.07) is -0.684. The Balaban J connectivity index is 2.50. The number of aromatic nitrogens is 1. The maximum atomic E-state index is 11.6. The van der Waals surface area contributed by atoms with Gasteiger partial charge < -0.3 is 10.4 Å². The standard InChI is InChI=1S/C11H13N3O4S/c1-6(7(2)10(16)17)9(15)14-11(18)13-4-8-3-12-5-19-8/h3,5H,4H2,1-2H3,(H,16,17)(H2,13,14,15,18). The number of carbonyl (C=O) groups excluding carboxylic acids is 2. The molecule has 1 heterocycles. The Morgan fingerprint density at radius 2 is 2.00 bits per heavy atom. The molecule has 0 unspecified atom stereocenters. The molecule has 1 aromatic rings.